The molecule has 0 spiro atoms. The molecule has 0 aliphatic carbocycles. The minimum absolute atomic E-state index is 0.125. The Morgan fingerprint density at radius 1 is 1.24 bits per heavy atom. The molecule has 0 aromatic heterocycles. The van der Waals surface area contributed by atoms with Gasteiger partial charge in [-0.2, -0.15) is 0 Å². The fraction of sp³-hybridized carbons (Fsp3) is 0.923. The molecule has 1 amide bonds. The lowest BCUT2D eigenvalue weighted by atomic mass is 10.2. The number of methoxy groups -OCH3 is 1. The van der Waals surface area contributed by atoms with Gasteiger partial charge in [-0.25, -0.2) is 0 Å². The fourth-order valence-electron chi connectivity index (χ4n) is 1.75. The van der Waals surface area contributed by atoms with Crippen molar-refractivity contribution in [2.45, 2.75) is 46.8 Å². The molecule has 1 aliphatic rings. The fourth-order valence-corrected chi connectivity index (χ4v) is 1.75. The lowest BCUT2D eigenvalue weighted by Gasteiger charge is -2.37. The first-order chi connectivity index (χ1) is 8.04. The van der Waals surface area contributed by atoms with Crippen molar-refractivity contribution in [3.8, 4) is 0 Å². The molecule has 0 bridgehead atoms. The molecule has 4 nitrogen and oxygen atoms in total. The second kappa shape index (κ2) is 8.48. The van der Waals surface area contributed by atoms with E-state index in [2.05, 4.69) is 18.7 Å². The highest BCUT2D eigenvalue weighted by Crippen LogP contribution is 2.08. The van der Waals surface area contributed by atoms with Gasteiger partial charge in [-0.05, 0) is 20.8 Å². The van der Waals surface area contributed by atoms with E-state index in [4.69, 9.17) is 4.74 Å². The van der Waals surface area contributed by atoms with E-state index in [1.807, 2.05) is 25.7 Å². The predicted octanol–water partition coefficient (Wildman–Crippen LogP) is 1.60. The van der Waals surface area contributed by atoms with Gasteiger partial charge in [0.25, 0.3) is 0 Å². The zero-order valence-electron chi connectivity index (χ0n) is 12.2. The van der Waals surface area contributed by atoms with Gasteiger partial charge in [0.15, 0.2) is 0 Å². The predicted molar refractivity (Wildman–Crippen MR) is 71.1 cm³/mol. The van der Waals surface area contributed by atoms with E-state index >= 15 is 0 Å². The van der Waals surface area contributed by atoms with Crippen molar-refractivity contribution in [1.82, 2.24) is 9.80 Å². The quantitative estimate of drug-likeness (QED) is 0.753. The van der Waals surface area contributed by atoms with Crippen LogP contribution in [-0.2, 0) is 9.53 Å². The largest absolute Gasteiger partial charge is 0.380 e. The summed E-state index contributed by atoms with van der Waals surface area (Å²) in [6.07, 6.45) is 0.125. The summed E-state index contributed by atoms with van der Waals surface area (Å²) in [6.45, 7) is 13.3. The van der Waals surface area contributed by atoms with Crippen LogP contribution in [0.25, 0.3) is 0 Å². The van der Waals surface area contributed by atoms with Crippen LogP contribution in [0, 0.1) is 0 Å². The van der Waals surface area contributed by atoms with E-state index in [9.17, 15) is 4.79 Å². The van der Waals surface area contributed by atoms with Crippen LogP contribution in [0.5, 0.6) is 0 Å². The Bertz CT molecular complexity index is 219. The van der Waals surface area contributed by atoms with Gasteiger partial charge in [-0.15, -0.1) is 0 Å². The van der Waals surface area contributed by atoms with Crippen molar-refractivity contribution in [3.63, 3.8) is 0 Å². The smallest absolute Gasteiger partial charge is 0.236 e. The van der Waals surface area contributed by atoms with Gasteiger partial charge in [0, 0.05) is 32.8 Å². The molecule has 1 fully saturated rings. The Kier molecular flexibility index (Phi) is 8.17. The molecule has 0 saturated carbocycles. The molecule has 0 N–H and O–H groups in total. The number of hydrogen-bond acceptors (Lipinski definition) is 3. The van der Waals surface area contributed by atoms with Crippen molar-refractivity contribution >= 4 is 5.91 Å². The molecule has 1 atom stereocenters. The van der Waals surface area contributed by atoms with Crippen LogP contribution in [0.2, 0.25) is 0 Å². The second-order valence-electron chi connectivity index (χ2n) is 4.45. The number of nitrogens with zero attached hydrogens (tertiary/aromatic N) is 2. The molecule has 0 aromatic carbocycles. The van der Waals surface area contributed by atoms with Crippen molar-refractivity contribution in [2.75, 3.05) is 33.3 Å². The van der Waals surface area contributed by atoms with Gasteiger partial charge in [-0.1, -0.05) is 13.8 Å². The molecular formula is C13H28N2O2. The Labute approximate surface area is 106 Å². The molecule has 17 heavy (non-hydrogen) atoms. The molecule has 102 valence electrons. The summed E-state index contributed by atoms with van der Waals surface area (Å²) in [5, 5.41) is 0. The summed E-state index contributed by atoms with van der Waals surface area (Å²) in [5.41, 5.74) is 0. The topological polar surface area (TPSA) is 32.8 Å². The zero-order valence-corrected chi connectivity index (χ0v) is 12.2. The van der Waals surface area contributed by atoms with Crippen LogP contribution < -0.4 is 0 Å². The number of rotatable bonds is 4. The van der Waals surface area contributed by atoms with Gasteiger partial charge >= 0.3 is 0 Å². The Morgan fingerprint density at radius 2 is 1.82 bits per heavy atom. The first-order valence-electron chi connectivity index (χ1n) is 6.59. The van der Waals surface area contributed by atoms with E-state index in [1.165, 1.54) is 0 Å². The Morgan fingerprint density at radius 3 is 2.24 bits per heavy atom. The molecule has 4 heteroatoms. The second-order valence-corrected chi connectivity index (χ2v) is 4.45. The van der Waals surface area contributed by atoms with E-state index in [0.717, 1.165) is 13.1 Å². The van der Waals surface area contributed by atoms with E-state index < -0.39 is 0 Å². The number of piperazine rings is 1. The Hall–Kier alpha value is -0.610. The molecule has 1 aliphatic heterocycles. The van der Waals surface area contributed by atoms with Gasteiger partial charge < -0.3 is 9.64 Å². The standard InChI is InChI=1S/C11H22N2O2.C2H6/c1-9(2)12-5-6-13(11(14)8-12)7-10(3)15-4;1-2/h9-10H,5-8H2,1-4H3;1-2H3. The molecular weight excluding hydrogens is 216 g/mol. The zero-order chi connectivity index (χ0) is 13.4. The lowest BCUT2D eigenvalue weighted by Crippen LogP contribution is -2.53. The van der Waals surface area contributed by atoms with E-state index in [0.29, 0.717) is 19.1 Å². The lowest BCUT2D eigenvalue weighted by molar-refractivity contribution is -0.138. The Balaban J connectivity index is 0.00000121. The average Bonchev–Trinajstić information content (AvgIpc) is 2.33. The van der Waals surface area contributed by atoms with Gasteiger partial charge in [0.1, 0.15) is 0 Å². The SMILES string of the molecule is CC.COC(C)CN1CCN(C(C)C)CC1=O. The van der Waals surface area contributed by atoms with Gasteiger partial charge in [0.05, 0.1) is 12.6 Å². The number of carbonyl (C=O) groups is 1. The monoisotopic (exact) mass is 244 g/mol. The third-order valence-electron chi connectivity index (χ3n) is 2.96. The van der Waals surface area contributed by atoms with Crippen LogP contribution >= 0.6 is 0 Å². The first kappa shape index (κ1) is 16.4. The molecule has 0 radical (unpaired) electrons. The molecule has 1 saturated heterocycles. The third kappa shape index (κ3) is 5.50. The molecule has 1 heterocycles. The third-order valence-corrected chi connectivity index (χ3v) is 2.96. The van der Waals surface area contributed by atoms with Crippen LogP contribution in [0.3, 0.4) is 0 Å². The number of carbonyl (C=O) groups excluding carboxylic acids is 1. The molecule has 0 aromatic rings. The highest BCUT2D eigenvalue weighted by molar-refractivity contribution is 5.79. The van der Waals surface area contributed by atoms with Crippen LogP contribution in [-0.4, -0.2) is 61.1 Å². The molecule has 1 unspecified atom stereocenters. The molecule has 1 rings (SSSR count). The van der Waals surface area contributed by atoms with Gasteiger partial charge in [0.2, 0.25) is 5.91 Å². The minimum Gasteiger partial charge on any atom is -0.380 e. The highest BCUT2D eigenvalue weighted by atomic mass is 16.5. The van der Waals surface area contributed by atoms with Crippen LogP contribution in [0.15, 0.2) is 0 Å². The number of amides is 1. The summed E-state index contributed by atoms with van der Waals surface area (Å²) in [5.74, 6) is 0.221. The van der Waals surface area contributed by atoms with Crippen molar-refractivity contribution in [1.29, 1.82) is 0 Å². The average molecular weight is 244 g/mol. The summed E-state index contributed by atoms with van der Waals surface area (Å²) in [4.78, 5) is 15.9. The van der Waals surface area contributed by atoms with Crippen LogP contribution in [0.4, 0.5) is 0 Å². The van der Waals surface area contributed by atoms with Crippen molar-refractivity contribution in [2.24, 2.45) is 0 Å². The maximum atomic E-state index is 11.8. The summed E-state index contributed by atoms with van der Waals surface area (Å²) in [6, 6.07) is 0.455. The first-order valence-corrected chi connectivity index (χ1v) is 6.59. The highest BCUT2D eigenvalue weighted by Gasteiger charge is 2.25. The number of ether oxygens (including phenoxy) is 1. The minimum atomic E-state index is 0.125. The van der Waals surface area contributed by atoms with Crippen LogP contribution in [0.1, 0.15) is 34.6 Å². The summed E-state index contributed by atoms with van der Waals surface area (Å²) in [7, 11) is 1.68. The van der Waals surface area contributed by atoms with Crippen molar-refractivity contribution < 1.29 is 9.53 Å². The van der Waals surface area contributed by atoms with E-state index in [-0.39, 0.29) is 12.0 Å². The normalized spacial score (nSPS) is 19.0. The number of hydrogen-bond donors (Lipinski definition) is 0. The maximum absolute atomic E-state index is 11.8. The van der Waals surface area contributed by atoms with E-state index in [1.54, 1.807) is 7.11 Å². The van der Waals surface area contributed by atoms with Crippen molar-refractivity contribution in [3.05, 3.63) is 0 Å². The maximum Gasteiger partial charge on any atom is 0.236 e. The summed E-state index contributed by atoms with van der Waals surface area (Å²) >= 11 is 0. The van der Waals surface area contributed by atoms with Gasteiger partial charge in [-0.3, -0.25) is 9.69 Å². The summed E-state index contributed by atoms with van der Waals surface area (Å²) < 4.78 is 5.17.